The topological polar surface area (TPSA) is 49.0 Å². The van der Waals surface area contributed by atoms with E-state index in [9.17, 15) is 4.79 Å². The lowest BCUT2D eigenvalue weighted by Crippen LogP contribution is -2.35. The highest BCUT2D eigenvalue weighted by atomic mass is 32.1. The van der Waals surface area contributed by atoms with Gasteiger partial charge in [0.05, 0.1) is 16.1 Å². The number of aromatic nitrogens is 2. The van der Waals surface area contributed by atoms with Crippen LogP contribution in [-0.2, 0) is 19.5 Å². The molecule has 6 heteroatoms. The number of hydrogen-bond acceptors (Lipinski definition) is 5. The predicted octanol–water partition coefficient (Wildman–Crippen LogP) is 4.79. The zero-order valence-electron chi connectivity index (χ0n) is 15.2. The predicted molar refractivity (Wildman–Crippen MR) is 116 cm³/mol. The molecule has 3 aromatic heterocycles. The number of nitrogens with zero attached hydrogens (tertiary/aromatic N) is 2. The number of hydrogen-bond donors (Lipinski definition) is 1. The van der Waals surface area contributed by atoms with Crippen LogP contribution >= 0.6 is 22.7 Å². The van der Waals surface area contributed by atoms with Crippen molar-refractivity contribution in [1.82, 2.24) is 14.9 Å². The van der Waals surface area contributed by atoms with Gasteiger partial charge in [-0.15, -0.1) is 22.7 Å². The fourth-order valence-corrected chi connectivity index (χ4v) is 5.22. The van der Waals surface area contributed by atoms with Crippen LogP contribution in [0, 0.1) is 0 Å². The first-order valence-corrected chi connectivity index (χ1v) is 11.0. The third-order valence-electron chi connectivity index (χ3n) is 5.04. The molecule has 4 aromatic rings. The molecular formula is C22H19N3OS2. The average molecular weight is 406 g/mol. The largest absolute Gasteiger partial charge is 0.306 e. The van der Waals surface area contributed by atoms with Gasteiger partial charge in [-0.25, -0.2) is 4.98 Å². The van der Waals surface area contributed by atoms with E-state index in [4.69, 9.17) is 4.98 Å². The summed E-state index contributed by atoms with van der Waals surface area (Å²) in [7, 11) is 0. The number of fused-ring (bicyclic) bond motifs is 1. The Morgan fingerprint density at radius 2 is 1.96 bits per heavy atom. The molecule has 4 nitrogen and oxygen atoms in total. The van der Waals surface area contributed by atoms with E-state index in [1.54, 1.807) is 22.7 Å². The van der Waals surface area contributed by atoms with Crippen molar-refractivity contribution < 1.29 is 0 Å². The van der Waals surface area contributed by atoms with Gasteiger partial charge in [-0.2, -0.15) is 0 Å². The van der Waals surface area contributed by atoms with Crippen LogP contribution in [0.5, 0.6) is 0 Å². The maximum Gasteiger partial charge on any atom is 0.255 e. The molecule has 1 aliphatic rings. The average Bonchev–Trinajstić information content (AvgIpc) is 3.41. The Morgan fingerprint density at radius 3 is 2.79 bits per heavy atom. The van der Waals surface area contributed by atoms with E-state index in [0.717, 1.165) is 35.6 Å². The fraction of sp³-hybridized carbons (Fsp3) is 0.182. The van der Waals surface area contributed by atoms with Crippen LogP contribution in [0.25, 0.3) is 21.8 Å². The van der Waals surface area contributed by atoms with E-state index < -0.39 is 0 Å². The molecule has 0 aliphatic carbocycles. The van der Waals surface area contributed by atoms with Crippen molar-refractivity contribution in [3.05, 3.63) is 85.8 Å². The van der Waals surface area contributed by atoms with Crippen molar-refractivity contribution in [3.63, 3.8) is 0 Å². The minimum absolute atomic E-state index is 0.00532. The summed E-state index contributed by atoms with van der Waals surface area (Å²) >= 11 is 3.38. The van der Waals surface area contributed by atoms with Gasteiger partial charge in [-0.05, 0) is 34.0 Å². The van der Waals surface area contributed by atoms with Crippen molar-refractivity contribution in [2.75, 3.05) is 6.54 Å². The number of H-pyrrole nitrogens is 1. The van der Waals surface area contributed by atoms with Crippen LogP contribution in [-0.4, -0.2) is 21.4 Å². The number of thiophene rings is 2. The Bertz CT molecular complexity index is 1150. The van der Waals surface area contributed by atoms with E-state index in [1.165, 1.54) is 16.0 Å². The highest BCUT2D eigenvalue weighted by Crippen LogP contribution is 2.28. The molecule has 140 valence electrons. The van der Waals surface area contributed by atoms with E-state index in [2.05, 4.69) is 45.6 Å². The normalized spacial score (nSPS) is 14.1. The Morgan fingerprint density at radius 1 is 1.07 bits per heavy atom. The van der Waals surface area contributed by atoms with Crippen LogP contribution in [0.4, 0.5) is 0 Å². The lowest BCUT2D eigenvalue weighted by molar-refractivity contribution is 0.244. The molecule has 1 aromatic carbocycles. The summed E-state index contributed by atoms with van der Waals surface area (Å²) in [5.41, 5.74) is 4.26. The van der Waals surface area contributed by atoms with Crippen LogP contribution in [0.15, 0.2) is 64.1 Å². The summed E-state index contributed by atoms with van der Waals surface area (Å²) in [6.07, 6.45) is 0.814. The second-order valence-electron chi connectivity index (χ2n) is 6.95. The molecule has 0 radical (unpaired) electrons. The molecule has 28 heavy (non-hydrogen) atoms. The zero-order valence-corrected chi connectivity index (χ0v) is 16.9. The molecule has 0 unspecified atom stereocenters. The second-order valence-corrected chi connectivity index (χ2v) is 8.89. The highest BCUT2D eigenvalue weighted by Gasteiger charge is 2.22. The molecule has 5 rings (SSSR count). The van der Waals surface area contributed by atoms with Crippen LogP contribution in [0.2, 0.25) is 0 Å². The SMILES string of the molecule is O=c1[nH]c(-c2cccs2)nc2c1CN(Cc1cc(-c3ccccc3)cs1)CC2. The van der Waals surface area contributed by atoms with Gasteiger partial charge < -0.3 is 4.98 Å². The maximum absolute atomic E-state index is 12.7. The zero-order chi connectivity index (χ0) is 18.9. The lowest BCUT2D eigenvalue weighted by Gasteiger charge is -2.27. The highest BCUT2D eigenvalue weighted by molar-refractivity contribution is 7.13. The van der Waals surface area contributed by atoms with Crippen LogP contribution in [0.1, 0.15) is 16.1 Å². The Balaban J connectivity index is 1.34. The van der Waals surface area contributed by atoms with E-state index in [0.29, 0.717) is 12.4 Å². The summed E-state index contributed by atoms with van der Waals surface area (Å²) in [5.74, 6) is 0.693. The molecule has 1 N–H and O–H groups in total. The quantitative estimate of drug-likeness (QED) is 0.531. The van der Waals surface area contributed by atoms with Gasteiger partial charge in [0.2, 0.25) is 0 Å². The summed E-state index contributed by atoms with van der Waals surface area (Å²) in [6.45, 7) is 2.44. The third-order valence-corrected chi connectivity index (χ3v) is 6.84. The molecule has 0 bridgehead atoms. The first-order chi connectivity index (χ1) is 13.8. The molecule has 4 heterocycles. The number of nitrogens with one attached hydrogen (secondary N) is 1. The van der Waals surface area contributed by atoms with Crippen LogP contribution < -0.4 is 5.56 Å². The molecule has 0 spiro atoms. The summed E-state index contributed by atoms with van der Waals surface area (Å²) in [6, 6.07) is 16.7. The van der Waals surface area contributed by atoms with Crippen molar-refractivity contribution in [1.29, 1.82) is 0 Å². The Labute approximate surface area is 171 Å². The van der Waals surface area contributed by atoms with Crippen molar-refractivity contribution in [2.24, 2.45) is 0 Å². The Kier molecular flexibility index (Phi) is 4.68. The molecule has 0 saturated heterocycles. The number of benzene rings is 1. The molecule has 0 fully saturated rings. The number of aromatic amines is 1. The second kappa shape index (κ2) is 7.47. The molecule has 1 aliphatic heterocycles. The van der Waals surface area contributed by atoms with Crippen molar-refractivity contribution in [2.45, 2.75) is 19.5 Å². The van der Waals surface area contributed by atoms with E-state index in [1.807, 2.05) is 23.6 Å². The lowest BCUT2D eigenvalue weighted by atomic mass is 10.1. The summed E-state index contributed by atoms with van der Waals surface area (Å²) in [4.78, 5) is 25.0. The van der Waals surface area contributed by atoms with Crippen molar-refractivity contribution in [3.8, 4) is 21.8 Å². The van der Waals surface area contributed by atoms with Crippen LogP contribution in [0.3, 0.4) is 0 Å². The molecule has 0 saturated carbocycles. The summed E-state index contributed by atoms with van der Waals surface area (Å²) in [5, 5.41) is 4.21. The first kappa shape index (κ1) is 17.6. The number of rotatable bonds is 4. The molecular weight excluding hydrogens is 386 g/mol. The minimum Gasteiger partial charge on any atom is -0.306 e. The first-order valence-electron chi connectivity index (χ1n) is 9.27. The Hall–Kier alpha value is -2.54. The van der Waals surface area contributed by atoms with Gasteiger partial charge >= 0.3 is 0 Å². The van der Waals surface area contributed by atoms with E-state index in [-0.39, 0.29) is 5.56 Å². The van der Waals surface area contributed by atoms with Gasteiger partial charge in [-0.3, -0.25) is 9.69 Å². The van der Waals surface area contributed by atoms with Gasteiger partial charge in [0.25, 0.3) is 5.56 Å². The standard InChI is InChI=1S/C22H19N3OS2/c26-22-18-13-25(9-8-19(18)23-21(24-22)20-7-4-10-27-20)12-17-11-16(14-28-17)15-5-2-1-3-6-15/h1-7,10-11,14H,8-9,12-13H2,(H,23,24,26). The van der Waals surface area contributed by atoms with Gasteiger partial charge in [0.15, 0.2) is 5.82 Å². The van der Waals surface area contributed by atoms with Gasteiger partial charge in [-0.1, -0.05) is 36.4 Å². The van der Waals surface area contributed by atoms with E-state index >= 15 is 0 Å². The van der Waals surface area contributed by atoms with Gasteiger partial charge in [0.1, 0.15) is 0 Å². The van der Waals surface area contributed by atoms with Gasteiger partial charge in [0, 0.05) is 30.9 Å². The summed E-state index contributed by atoms with van der Waals surface area (Å²) < 4.78 is 0. The maximum atomic E-state index is 12.7. The molecule has 0 amide bonds. The smallest absolute Gasteiger partial charge is 0.255 e. The fourth-order valence-electron chi connectivity index (χ4n) is 3.61. The third kappa shape index (κ3) is 3.46. The minimum atomic E-state index is -0.00532. The van der Waals surface area contributed by atoms with Crippen molar-refractivity contribution >= 4 is 22.7 Å². The monoisotopic (exact) mass is 405 g/mol. The molecule has 0 atom stereocenters.